The number of amides is 1. The standard InChI is InChI=1S/C26H28F3N5O2/c1-17-4-5-19(13-23(17)20-15-31-25(30)32-16-20)24(35)33-22-12-18(11-21(14-22)26(27,28)29)3-2-6-34-7-9-36-10-8-34/h4-5,11-16H,2-3,6-10H2,1H3,(H,33,35)(H2,30,31,32). The Bertz CT molecular complexity index is 1210. The minimum absolute atomic E-state index is 0.106. The average molecular weight is 500 g/mol. The number of nitrogens with zero attached hydrogens (tertiary/aromatic N) is 3. The summed E-state index contributed by atoms with van der Waals surface area (Å²) in [4.78, 5) is 23.2. The number of morpholine rings is 1. The molecule has 10 heteroatoms. The van der Waals surface area contributed by atoms with E-state index in [-0.39, 0.29) is 11.6 Å². The van der Waals surface area contributed by atoms with E-state index in [1.807, 2.05) is 6.92 Å². The Kier molecular flexibility index (Phi) is 7.85. The van der Waals surface area contributed by atoms with E-state index < -0.39 is 17.6 Å². The molecule has 0 bridgehead atoms. The number of nitrogens with two attached hydrogens (primary N) is 1. The van der Waals surface area contributed by atoms with Gasteiger partial charge in [0.2, 0.25) is 5.95 Å². The summed E-state index contributed by atoms with van der Waals surface area (Å²) in [5, 5.41) is 2.64. The molecule has 1 aromatic heterocycles. The fourth-order valence-electron chi connectivity index (χ4n) is 4.16. The molecule has 0 atom stereocenters. The first-order chi connectivity index (χ1) is 17.2. The number of halogens is 3. The maximum atomic E-state index is 13.6. The van der Waals surface area contributed by atoms with Crippen LogP contribution in [0.2, 0.25) is 0 Å². The van der Waals surface area contributed by atoms with Crippen molar-refractivity contribution in [1.29, 1.82) is 0 Å². The number of alkyl halides is 3. The van der Waals surface area contributed by atoms with Gasteiger partial charge < -0.3 is 15.8 Å². The maximum absolute atomic E-state index is 13.6. The van der Waals surface area contributed by atoms with Crippen LogP contribution in [0.1, 0.15) is 33.5 Å². The first kappa shape index (κ1) is 25.6. The molecular weight excluding hydrogens is 471 g/mol. The number of aromatic nitrogens is 2. The van der Waals surface area contributed by atoms with Gasteiger partial charge in [-0.05, 0) is 73.3 Å². The van der Waals surface area contributed by atoms with Crippen LogP contribution in [0.5, 0.6) is 0 Å². The van der Waals surface area contributed by atoms with Crippen molar-refractivity contribution in [3.63, 3.8) is 0 Å². The van der Waals surface area contributed by atoms with E-state index in [0.717, 1.165) is 42.9 Å². The predicted molar refractivity (Wildman–Crippen MR) is 132 cm³/mol. The molecule has 4 rings (SSSR count). The second kappa shape index (κ2) is 11.0. The Morgan fingerprint density at radius 3 is 2.53 bits per heavy atom. The van der Waals surface area contributed by atoms with Crippen molar-refractivity contribution in [3.05, 3.63) is 71.0 Å². The van der Waals surface area contributed by atoms with Crippen LogP contribution in [0.3, 0.4) is 0 Å². The molecule has 190 valence electrons. The van der Waals surface area contributed by atoms with Crippen molar-refractivity contribution < 1.29 is 22.7 Å². The van der Waals surface area contributed by atoms with Gasteiger partial charge in [-0.15, -0.1) is 0 Å². The maximum Gasteiger partial charge on any atom is 0.416 e. The molecule has 1 aliphatic rings. The molecule has 2 heterocycles. The molecule has 0 spiro atoms. The van der Waals surface area contributed by atoms with Crippen LogP contribution in [0.4, 0.5) is 24.8 Å². The zero-order valence-corrected chi connectivity index (χ0v) is 19.9. The minimum Gasteiger partial charge on any atom is -0.379 e. The smallest absolute Gasteiger partial charge is 0.379 e. The van der Waals surface area contributed by atoms with Crippen LogP contribution >= 0.6 is 0 Å². The molecule has 0 aliphatic carbocycles. The van der Waals surface area contributed by atoms with Gasteiger partial charge in [-0.25, -0.2) is 9.97 Å². The summed E-state index contributed by atoms with van der Waals surface area (Å²) in [5.74, 6) is -0.373. The van der Waals surface area contributed by atoms with Crippen LogP contribution in [-0.4, -0.2) is 53.6 Å². The van der Waals surface area contributed by atoms with Gasteiger partial charge in [-0.1, -0.05) is 6.07 Å². The average Bonchev–Trinajstić information content (AvgIpc) is 2.85. The van der Waals surface area contributed by atoms with Crippen molar-refractivity contribution in [1.82, 2.24) is 14.9 Å². The first-order valence-corrected chi connectivity index (χ1v) is 11.7. The highest BCUT2D eigenvalue weighted by Crippen LogP contribution is 2.33. The number of ether oxygens (including phenoxy) is 1. The van der Waals surface area contributed by atoms with Gasteiger partial charge in [0.1, 0.15) is 0 Å². The van der Waals surface area contributed by atoms with Gasteiger partial charge in [0, 0.05) is 42.3 Å². The molecule has 3 N–H and O–H groups in total. The van der Waals surface area contributed by atoms with Crippen LogP contribution in [-0.2, 0) is 17.3 Å². The lowest BCUT2D eigenvalue weighted by Crippen LogP contribution is -2.36. The number of carbonyl (C=O) groups is 1. The molecule has 0 saturated carbocycles. The molecule has 0 unspecified atom stereocenters. The lowest BCUT2D eigenvalue weighted by atomic mass is 9.99. The Morgan fingerprint density at radius 1 is 1.11 bits per heavy atom. The fourth-order valence-corrected chi connectivity index (χ4v) is 4.16. The number of nitrogen functional groups attached to an aromatic ring is 1. The number of nitrogens with one attached hydrogen (secondary N) is 1. The molecule has 1 amide bonds. The number of carbonyl (C=O) groups excluding carboxylic acids is 1. The van der Waals surface area contributed by atoms with Crippen LogP contribution < -0.4 is 11.1 Å². The van der Waals surface area contributed by atoms with E-state index in [1.165, 1.54) is 0 Å². The van der Waals surface area contributed by atoms with Gasteiger partial charge in [0.05, 0.1) is 18.8 Å². The Balaban J connectivity index is 1.52. The molecular formula is C26H28F3N5O2. The molecule has 1 fully saturated rings. The molecule has 2 aromatic carbocycles. The number of rotatable bonds is 7. The normalized spacial score (nSPS) is 14.6. The monoisotopic (exact) mass is 499 g/mol. The van der Waals surface area contributed by atoms with Crippen molar-refractivity contribution in [2.75, 3.05) is 43.9 Å². The largest absolute Gasteiger partial charge is 0.416 e. The van der Waals surface area contributed by atoms with E-state index in [1.54, 1.807) is 36.7 Å². The van der Waals surface area contributed by atoms with E-state index in [0.29, 0.717) is 42.7 Å². The molecule has 3 aromatic rings. The Labute approximate surface area is 207 Å². The van der Waals surface area contributed by atoms with Crippen molar-refractivity contribution >= 4 is 17.5 Å². The lowest BCUT2D eigenvalue weighted by Gasteiger charge is -2.26. The summed E-state index contributed by atoms with van der Waals surface area (Å²) in [6.45, 7) is 5.65. The number of hydrogen-bond acceptors (Lipinski definition) is 6. The van der Waals surface area contributed by atoms with Crippen molar-refractivity contribution in [2.24, 2.45) is 0 Å². The molecule has 1 saturated heterocycles. The number of benzene rings is 2. The number of anilines is 2. The molecule has 7 nitrogen and oxygen atoms in total. The summed E-state index contributed by atoms with van der Waals surface area (Å²) in [5.41, 5.74) is 8.01. The van der Waals surface area contributed by atoms with E-state index >= 15 is 0 Å². The molecule has 1 aliphatic heterocycles. The third-order valence-electron chi connectivity index (χ3n) is 6.10. The third-order valence-corrected chi connectivity index (χ3v) is 6.10. The zero-order chi connectivity index (χ0) is 25.7. The van der Waals surface area contributed by atoms with Crippen LogP contribution in [0.25, 0.3) is 11.1 Å². The molecule has 36 heavy (non-hydrogen) atoms. The second-order valence-corrected chi connectivity index (χ2v) is 8.79. The number of aryl methyl sites for hydroxylation is 2. The van der Waals surface area contributed by atoms with Gasteiger partial charge in [-0.3, -0.25) is 9.69 Å². The summed E-state index contributed by atoms with van der Waals surface area (Å²) < 4.78 is 46.1. The SMILES string of the molecule is Cc1ccc(C(=O)Nc2cc(CCCN3CCOCC3)cc(C(F)(F)F)c2)cc1-c1cnc(N)nc1. The quantitative estimate of drug-likeness (QED) is 0.495. The summed E-state index contributed by atoms with van der Waals surface area (Å²) in [6.07, 6.45) is -0.230. The van der Waals surface area contributed by atoms with Crippen LogP contribution in [0, 0.1) is 6.92 Å². The summed E-state index contributed by atoms with van der Waals surface area (Å²) >= 11 is 0. The first-order valence-electron chi connectivity index (χ1n) is 11.7. The minimum atomic E-state index is -4.52. The third kappa shape index (κ3) is 6.58. The summed E-state index contributed by atoms with van der Waals surface area (Å²) in [7, 11) is 0. The lowest BCUT2D eigenvalue weighted by molar-refractivity contribution is -0.137. The second-order valence-electron chi connectivity index (χ2n) is 8.79. The van der Waals surface area contributed by atoms with E-state index in [9.17, 15) is 18.0 Å². The van der Waals surface area contributed by atoms with Gasteiger partial charge in [0.15, 0.2) is 0 Å². The van der Waals surface area contributed by atoms with Gasteiger partial charge in [0.25, 0.3) is 5.91 Å². The highest BCUT2D eigenvalue weighted by Gasteiger charge is 2.31. The Hall–Kier alpha value is -3.50. The topological polar surface area (TPSA) is 93.4 Å². The predicted octanol–water partition coefficient (Wildman–Crippen LogP) is 4.57. The number of hydrogen-bond donors (Lipinski definition) is 2. The fraction of sp³-hybridized carbons (Fsp3) is 0.346. The van der Waals surface area contributed by atoms with Crippen molar-refractivity contribution in [2.45, 2.75) is 25.9 Å². The van der Waals surface area contributed by atoms with Crippen LogP contribution in [0.15, 0.2) is 48.8 Å². The van der Waals surface area contributed by atoms with Gasteiger partial charge >= 0.3 is 6.18 Å². The van der Waals surface area contributed by atoms with Crippen molar-refractivity contribution in [3.8, 4) is 11.1 Å². The highest BCUT2D eigenvalue weighted by atomic mass is 19.4. The highest BCUT2D eigenvalue weighted by molar-refractivity contribution is 6.05. The van der Waals surface area contributed by atoms with Gasteiger partial charge in [-0.2, -0.15) is 13.2 Å². The van der Waals surface area contributed by atoms with E-state index in [4.69, 9.17) is 10.5 Å². The molecule has 0 radical (unpaired) electrons. The Morgan fingerprint density at radius 2 is 1.83 bits per heavy atom. The van der Waals surface area contributed by atoms with E-state index in [2.05, 4.69) is 20.2 Å². The zero-order valence-electron chi connectivity index (χ0n) is 19.9. The summed E-state index contributed by atoms with van der Waals surface area (Å²) in [6, 6.07) is 8.78.